The van der Waals surface area contributed by atoms with Crippen LogP contribution in [0, 0.1) is 0 Å². The molecule has 1 saturated carbocycles. The molecule has 4 heteroatoms. The van der Waals surface area contributed by atoms with Gasteiger partial charge in [-0.25, -0.2) is 4.79 Å². The van der Waals surface area contributed by atoms with Crippen molar-refractivity contribution >= 4 is 11.9 Å². The summed E-state index contributed by atoms with van der Waals surface area (Å²) in [6.07, 6.45) is 3.21. The van der Waals surface area contributed by atoms with Crippen molar-refractivity contribution in [1.29, 1.82) is 0 Å². The third-order valence-electron chi connectivity index (χ3n) is 3.15. The van der Waals surface area contributed by atoms with Crippen molar-refractivity contribution in [3.8, 4) is 0 Å². The summed E-state index contributed by atoms with van der Waals surface area (Å²) in [5, 5.41) is 8.76. The van der Waals surface area contributed by atoms with Crippen molar-refractivity contribution in [2.45, 2.75) is 39.2 Å². The molecular weight excluding hydrogens is 194 g/mol. The summed E-state index contributed by atoms with van der Waals surface area (Å²) in [7, 11) is 1.74. The van der Waals surface area contributed by atoms with E-state index < -0.39 is 5.97 Å². The number of hydrogen-bond donors (Lipinski definition) is 1. The highest BCUT2D eigenvalue weighted by molar-refractivity contribution is 6.01. The monoisotopic (exact) mass is 211 g/mol. The number of likely N-dealkylation sites (N-methyl/N-ethyl adjacent to an activating group) is 1. The third kappa shape index (κ3) is 2.37. The quantitative estimate of drug-likeness (QED) is 0.718. The maximum absolute atomic E-state index is 11.8. The van der Waals surface area contributed by atoms with Gasteiger partial charge in [0.05, 0.1) is 0 Å². The number of hydrogen-bond acceptors (Lipinski definition) is 2. The Morgan fingerprint density at radius 3 is 2.07 bits per heavy atom. The highest BCUT2D eigenvalue weighted by Gasteiger charge is 2.27. The first-order valence-corrected chi connectivity index (χ1v) is 5.13. The predicted octanol–water partition coefficient (Wildman–Crippen LogP) is 1.42. The minimum atomic E-state index is -1.03. The van der Waals surface area contributed by atoms with Crippen LogP contribution < -0.4 is 0 Å². The molecule has 84 valence electrons. The summed E-state index contributed by atoms with van der Waals surface area (Å²) >= 11 is 0. The van der Waals surface area contributed by atoms with Gasteiger partial charge < -0.3 is 10.0 Å². The first-order chi connectivity index (χ1) is 6.95. The lowest BCUT2D eigenvalue weighted by Crippen LogP contribution is -2.42. The standard InChI is InChI=1S/C11H17NO3/c1-7(8(2)11(14)15)10(13)12(3)9-5-4-6-9/h9H,4-6H2,1-3H3,(H,14,15). The number of rotatable bonds is 3. The van der Waals surface area contributed by atoms with Gasteiger partial charge in [-0.15, -0.1) is 0 Å². The van der Waals surface area contributed by atoms with Crippen LogP contribution >= 0.6 is 0 Å². The van der Waals surface area contributed by atoms with E-state index in [1.807, 2.05) is 0 Å². The highest BCUT2D eigenvalue weighted by atomic mass is 16.4. The van der Waals surface area contributed by atoms with Gasteiger partial charge in [0.1, 0.15) is 0 Å². The smallest absolute Gasteiger partial charge is 0.331 e. The molecule has 1 amide bonds. The lowest BCUT2D eigenvalue weighted by Gasteiger charge is -2.35. The number of amides is 1. The van der Waals surface area contributed by atoms with Gasteiger partial charge in [-0.3, -0.25) is 4.79 Å². The largest absolute Gasteiger partial charge is 0.478 e. The molecule has 0 unspecified atom stereocenters. The molecule has 1 aliphatic carbocycles. The van der Waals surface area contributed by atoms with Gasteiger partial charge >= 0.3 is 5.97 Å². The fraction of sp³-hybridized carbons (Fsp3) is 0.636. The fourth-order valence-corrected chi connectivity index (χ4v) is 1.53. The Kier molecular flexibility index (Phi) is 3.50. The van der Waals surface area contributed by atoms with E-state index in [-0.39, 0.29) is 11.5 Å². The zero-order chi connectivity index (χ0) is 11.6. The van der Waals surface area contributed by atoms with Gasteiger partial charge in [-0.1, -0.05) is 0 Å². The van der Waals surface area contributed by atoms with Gasteiger partial charge in [-0.2, -0.15) is 0 Å². The molecule has 0 heterocycles. The number of carboxylic acids is 1. The summed E-state index contributed by atoms with van der Waals surface area (Å²) in [5.41, 5.74) is 0.461. The number of carbonyl (C=O) groups excluding carboxylic acids is 1. The van der Waals surface area contributed by atoms with Crippen molar-refractivity contribution in [2.75, 3.05) is 7.05 Å². The van der Waals surface area contributed by atoms with Crippen LogP contribution in [0.1, 0.15) is 33.1 Å². The molecule has 0 aromatic heterocycles. The number of carboxylic acid groups (broad SMARTS) is 1. The van der Waals surface area contributed by atoms with E-state index in [0.717, 1.165) is 19.3 Å². The van der Waals surface area contributed by atoms with E-state index in [1.165, 1.54) is 6.92 Å². The van der Waals surface area contributed by atoms with E-state index in [9.17, 15) is 9.59 Å². The van der Waals surface area contributed by atoms with Crippen LogP contribution in [0.15, 0.2) is 11.1 Å². The topological polar surface area (TPSA) is 57.6 Å². The highest BCUT2D eigenvalue weighted by Crippen LogP contribution is 2.25. The molecule has 15 heavy (non-hydrogen) atoms. The van der Waals surface area contributed by atoms with Crippen LogP contribution in [-0.4, -0.2) is 35.0 Å². The summed E-state index contributed by atoms with van der Waals surface area (Å²) in [6, 6.07) is 0.300. The van der Waals surface area contributed by atoms with Crippen molar-refractivity contribution in [1.82, 2.24) is 4.90 Å². The van der Waals surface area contributed by atoms with Gasteiger partial charge in [-0.05, 0) is 33.1 Å². The van der Waals surface area contributed by atoms with Crippen LogP contribution in [0.5, 0.6) is 0 Å². The molecule has 0 bridgehead atoms. The first kappa shape index (κ1) is 11.8. The van der Waals surface area contributed by atoms with E-state index in [1.54, 1.807) is 18.9 Å². The molecule has 0 spiro atoms. The molecule has 1 N–H and O–H groups in total. The Morgan fingerprint density at radius 1 is 1.20 bits per heavy atom. The van der Waals surface area contributed by atoms with Crippen molar-refractivity contribution in [3.05, 3.63) is 11.1 Å². The Bertz CT molecular complexity index is 316. The first-order valence-electron chi connectivity index (χ1n) is 5.13. The van der Waals surface area contributed by atoms with Gasteiger partial charge in [0.25, 0.3) is 0 Å². The van der Waals surface area contributed by atoms with E-state index in [4.69, 9.17) is 5.11 Å². The lowest BCUT2D eigenvalue weighted by molar-refractivity contribution is -0.134. The van der Waals surface area contributed by atoms with Gasteiger partial charge in [0, 0.05) is 24.2 Å². The van der Waals surface area contributed by atoms with Crippen LogP contribution in [-0.2, 0) is 9.59 Å². The van der Waals surface area contributed by atoms with E-state index in [2.05, 4.69) is 0 Å². The van der Waals surface area contributed by atoms with Crippen LogP contribution in [0.4, 0.5) is 0 Å². The molecule has 0 aromatic carbocycles. The molecule has 1 rings (SSSR count). The molecule has 1 fully saturated rings. The predicted molar refractivity (Wildman–Crippen MR) is 56.4 cm³/mol. The zero-order valence-electron chi connectivity index (χ0n) is 9.41. The summed E-state index contributed by atoms with van der Waals surface area (Å²) in [5.74, 6) is -1.19. The molecule has 0 aromatic rings. The SMILES string of the molecule is CC(C(=O)O)=C(C)C(=O)N(C)C1CCC1. The summed E-state index contributed by atoms with van der Waals surface area (Å²) in [6.45, 7) is 3.03. The van der Waals surface area contributed by atoms with Crippen molar-refractivity contribution in [3.63, 3.8) is 0 Å². The maximum Gasteiger partial charge on any atom is 0.331 e. The number of aliphatic carboxylic acids is 1. The molecule has 1 aliphatic rings. The second-order valence-corrected chi connectivity index (χ2v) is 4.06. The van der Waals surface area contributed by atoms with Crippen LogP contribution in [0.2, 0.25) is 0 Å². The molecule has 0 saturated heterocycles. The second kappa shape index (κ2) is 4.47. The Hall–Kier alpha value is -1.32. The van der Waals surface area contributed by atoms with Crippen molar-refractivity contribution < 1.29 is 14.7 Å². The normalized spacial score (nSPS) is 17.8. The number of nitrogens with zero attached hydrogens (tertiary/aromatic N) is 1. The minimum absolute atomic E-state index is 0.131. The lowest BCUT2D eigenvalue weighted by atomic mass is 9.91. The fourth-order valence-electron chi connectivity index (χ4n) is 1.53. The van der Waals surface area contributed by atoms with Crippen LogP contribution in [0.25, 0.3) is 0 Å². The van der Waals surface area contributed by atoms with Gasteiger partial charge in [0.15, 0.2) is 0 Å². The Balaban J connectivity index is 2.74. The number of carbonyl (C=O) groups is 2. The average Bonchev–Trinajstić information content (AvgIpc) is 2.11. The van der Waals surface area contributed by atoms with E-state index >= 15 is 0 Å². The average molecular weight is 211 g/mol. The minimum Gasteiger partial charge on any atom is -0.478 e. The second-order valence-electron chi connectivity index (χ2n) is 4.06. The van der Waals surface area contributed by atoms with E-state index in [0.29, 0.717) is 11.6 Å². The van der Waals surface area contributed by atoms with Gasteiger partial charge in [0.2, 0.25) is 5.91 Å². The molecule has 0 radical (unpaired) electrons. The third-order valence-corrected chi connectivity index (χ3v) is 3.15. The van der Waals surface area contributed by atoms with Crippen molar-refractivity contribution in [2.24, 2.45) is 0 Å². The molecular formula is C11H17NO3. The maximum atomic E-state index is 11.8. The Labute approximate surface area is 89.6 Å². The van der Waals surface area contributed by atoms with Crippen LogP contribution in [0.3, 0.4) is 0 Å². The zero-order valence-corrected chi connectivity index (χ0v) is 9.41. The molecule has 4 nitrogen and oxygen atoms in total. The Morgan fingerprint density at radius 2 is 1.73 bits per heavy atom. The molecule has 0 aliphatic heterocycles. The summed E-state index contributed by atoms with van der Waals surface area (Å²) < 4.78 is 0. The molecule has 0 atom stereocenters. The summed E-state index contributed by atoms with van der Waals surface area (Å²) in [4.78, 5) is 24.2.